The quantitative estimate of drug-likeness (QED) is 0.472. The average Bonchev–Trinajstić information content (AvgIpc) is 3.12. The Kier molecular flexibility index (Phi) is 5.13. The van der Waals surface area contributed by atoms with Crippen molar-refractivity contribution in [3.8, 4) is 17.5 Å². The van der Waals surface area contributed by atoms with Crippen LogP contribution < -0.4 is 15.4 Å². The highest BCUT2D eigenvalue weighted by Gasteiger charge is 2.30. The average molecular weight is 488 g/mol. The van der Waals surface area contributed by atoms with Crippen LogP contribution in [0.4, 0.5) is 5.69 Å². The molecule has 0 spiro atoms. The number of nitrogens with two attached hydrogens (primary N) is 1. The van der Waals surface area contributed by atoms with E-state index in [-0.39, 0.29) is 19.1 Å². The maximum absolute atomic E-state index is 13.1. The van der Waals surface area contributed by atoms with Crippen LogP contribution in [0, 0.1) is 11.3 Å². The molecule has 8 heteroatoms. The van der Waals surface area contributed by atoms with Gasteiger partial charge >= 0.3 is 0 Å². The monoisotopic (exact) mass is 487 g/mol. The van der Waals surface area contributed by atoms with Crippen LogP contribution in [-0.2, 0) is 11.3 Å². The van der Waals surface area contributed by atoms with Crippen LogP contribution in [0.25, 0.3) is 16.6 Å². The molecule has 1 aliphatic heterocycles. The molecule has 1 aliphatic rings. The van der Waals surface area contributed by atoms with Crippen LogP contribution >= 0.6 is 15.9 Å². The zero-order chi connectivity index (χ0) is 22.2. The second-order valence-electron chi connectivity index (χ2n) is 7.46. The second kappa shape index (κ2) is 8.11. The first-order valence-corrected chi connectivity index (χ1v) is 10.8. The van der Waals surface area contributed by atoms with E-state index in [1.165, 1.54) is 0 Å². The van der Waals surface area contributed by atoms with E-state index in [2.05, 4.69) is 22.0 Å². The largest absolute Gasteiger partial charge is 0.489 e. The van der Waals surface area contributed by atoms with E-state index in [0.29, 0.717) is 28.4 Å². The van der Waals surface area contributed by atoms with Crippen LogP contribution in [0.3, 0.4) is 0 Å². The number of amides is 1. The first-order chi connectivity index (χ1) is 15.6. The van der Waals surface area contributed by atoms with Gasteiger partial charge in [0.1, 0.15) is 24.5 Å². The van der Waals surface area contributed by atoms with Crippen molar-refractivity contribution in [2.45, 2.75) is 12.6 Å². The molecule has 0 radical (unpaired) electrons. The summed E-state index contributed by atoms with van der Waals surface area (Å²) < 4.78 is 8.39. The zero-order valence-corrected chi connectivity index (χ0v) is 18.5. The number of rotatable bonds is 3. The number of nitrogens with zero attached hydrogens (tertiary/aromatic N) is 4. The Labute approximate surface area is 192 Å². The molecule has 2 N–H and O–H groups in total. The molecule has 1 amide bonds. The molecule has 5 rings (SSSR count). The number of hydrogen-bond donors (Lipinski definition) is 1. The molecule has 1 aromatic heterocycles. The number of halogens is 1. The summed E-state index contributed by atoms with van der Waals surface area (Å²) >= 11 is 3.53. The Hall–Kier alpha value is -3.67. The van der Waals surface area contributed by atoms with Crippen molar-refractivity contribution in [1.82, 2.24) is 9.78 Å². The third-order valence-corrected chi connectivity index (χ3v) is 5.93. The van der Waals surface area contributed by atoms with Crippen molar-refractivity contribution < 1.29 is 9.53 Å². The Balaban J connectivity index is 1.67. The first-order valence-electron chi connectivity index (χ1n) is 10.0. The minimum atomic E-state index is -0.774. The van der Waals surface area contributed by atoms with Gasteiger partial charge in [-0.3, -0.25) is 4.79 Å². The first kappa shape index (κ1) is 20.2. The lowest BCUT2D eigenvalue weighted by molar-refractivity contribution is -0.120. The highest BCUT2D eigenvalue weighted by Crippen LogP contribution is 2.34. The summed E-state index contributed by atoms with van der Waals surface area (Å²) in [5, 5.41) is 15.3. The summed E-state index contributed by atoms with van der Waals surface area (Å²) in [6.45, 7) is 0.330. The molecule has 0 saturated carbocycles. The van der Waals surface area contributed by atoms with Gasteiger partial charge in [0.25, 0.3) is 0 Å². The number of carbonyl (C=O) groups excluding carboxylic acids is 1. The predicted molar refractivity (Wildman–Crippen MR) is 125 cm³/mol. The minimum Gasteiger partial charge on any atom is -0.489 e. The molecule has 0 aliphatic carbocycles. The Morgan fingerprint density at radius 1 is 1.12 bits per heavy atom. The lowest BCUT2D eigenvalue weighted by Gasteiger charge is -2.22. The van der Waals surface area contributed by atoms with Gasteiger partial charge in [-0.25, -0.2) is 4.68 Å². The standard InChI is InChI=1S/C24H18BrN5O2/c25-16-9-10-17-19(28-30(22(17)11-16)20-6-2-1-5-15(20)12-26)13-29-21-7-3-4-8-23(21)32-14-18(27)24(29)31/h1-11,18H,13-14,27H2/t18-/m0/s1. The third kappa shape index (κ3) is 3.42. The topological polar surface area (TPSA) is 97.2 Å². The fraction of sp³-hybridized carbons (Fsp3) is 0.125. The normalized spacial score (nSPS) is 15.7. The summed E-state index contributed by atoms with van der Waals surface area (Å²) in [7, 11) is 0. The summed E-state index contributed by atoms with van der Waals surface area (Å²) in [6.07, 6.45) is 0. The number of benzene rings is 3. The van der Waals surface area contributed by atoms with Crippen molar-refractivity contribution in [3.63, 3.8) is 0 Å². The molecular formula is C24H18BrN5O2. The third-order valence-electron chi connectivity index (χ3n) is 5.44. The van der Waals surface area contributed by atoms with Crippen LogP contribution in [-0.4, -0.2) is 28.3 Å². The van der Waals surface area contributed by atoms with E-state index in [1.54, 1.807) is 15.6 Å². The van der Waals surface area contributed by atoms with Gasteiger partial charge in [-0.2, -0.15) is 10.4 Å². The number of para-hydroxylation sites is 3. The smallest absolute Gasteiger partial charge is 0.247 e. The van der Waals surface area contributed by atoms with E-state index in [1.807, 2.05) is 60.7 Å². The number of nitriles is 1. The van der Waals surface area contributed by atoms with Crippen molar-refractivity contribution >= 4 is 38.4 Å². The molecule has 0 saturated heterocycles. The lowest BCUT2D eigenvalue weighted by atomic mass is 10.1. The second-order valence-corrected chi connectivity index (χ2v) is 8.37. The van der Waals surface area contributed by atoms with Crippen LogP contribution in [0.15, 0.2) is 71.2 Å². The van der Waals surface area contributed by atoms with Gasteiger partial charge in [-0.1, -0.05) is 40.2 Å². The summed E-state index contributed by atoms with van der Waals surface area (Å²) in [5.41, 5.74) is 9.44. The lowest BCUT2D eigenvalue weighted by Crippen LogP contribution is -2.45. The number of hydrogen-bond acceptors (Lipinski definition) is 5. The molecular weight excluding hydrogens is 470 g/mol. The van der Waals surface area contributed by atoms with Gasteiger partial charge in [0.2, 0.25) is 5.91 Å². The van der Waals surface area contributed by atoms with E-state index < -0.39 is 6.04 Å². The molecule has 7 nitrogen and oxygen atoms in total. The van der Waals surface area contributed by atoms with E-state index in [9.17, 15) is 10.1 Å². The fourth-order valence-corrected chi connectivity index (χ4v) is 4.24. The van der Waals surface area contributed by atoms with Crippen LogP contribution in [0.2, 0.25) is 0 Å². The summed E-state index contributed by atoms with van der Waals surface area (Å²) in [5.74, 6) is 0.377. The number of fused-ring (bicyclic) bond motifs is 2. The van der Waals surface area contributed by atoms with E-state index in [4.69, 9.17) is 15.6 Å². The molecule has 0 fully saturated rings. The Bertz CT molecular complexity index is 1390. The maximum atomic E-state index is 13.1. The Morgan fingerprint density at radius 3 is 2.69 bits per heavy atom. The fourth-order valence-electron chi connectivity index (χ4n) is 3.89. The predicted octanol–water partition coefficient (Wildman–Crippen LogP) is 3.91. The number of aromatic nitrogens is 2. The highest BCUT2D eigenvalue weighted by molar-refractivity contribution is 9.10. The van der Waals surface area contributed by atoms with Crippen molar-refractivity contribution in [2.75, 3.05) is 11.5 Å². The summed E-state index contributed by atoms with van der Waals surface area (Å²) in [6, 6.07) is 22.0. The summed E-state index contributed by atoms with van der Waals surface area (Å²) in [4.78, 5) is 14.7. The molecule has 2 heterocycles. The SMILES string of the molecule is N#Cc1ccccc1-n1nc(CN2C(=O)[C@@H](N)COc3ccccc32)c2ccc(Br)cc21. The molecule has 32 heavy (non-hydrogen) atoms. The van der Waals surface area contributed by atoms with Crippen molar-refractivity contribution in [2.24, 2.45) is 5.73 Å². The van der Waals surface area contributed by atoms with Crippen molar-refractivity contribution in [3.05, 3.63) is 82.5 Å². The number of ether oxygens (including phenoxy) is 1. The van der Waals surface area contributed by atoms with Crippen molar-refractivity contribution in [1.29, 1.82) is 5.26 Å². The molecule has 0 unspecified atom stereocenters. The van der Waals surface area contributed by atoms with Gasteiger partial charge in [0.15, 0.2) is 0 Å². The zero-order valence-electron chi connectivity index (χ0n) is 16.9. The van der Waals surface area contributed by atoms with Gasteiger partial charge in [0, 0.05) is 9.86 Å². The molecule has 158 valence electrons. The van der Waals surface area contributed by atoms with Gasteiger partial charge in [0.05, 0.1) is 34.7 Å². The van der Waals surface area contributed by atoms with Crippen LogP contribution in [0.5, 0.6) is 5.75 Å². The molecule has 4 aromatic rings. The minimum absolute atomic E-state index is 0.115. The van der Waals surface area contributed by atoms with Gasteiger partial charge in [-0.05, 0) is 42.5 Å². The number of carbonyl (C=O) groups is 1. The van der Waals surface area contributed by atoms with E-state index >= 15 is 0 Å². The van der Waals surface area contributed by atoms with Gasteiger partial charge < -0.3 is 15.4 Å². The molecule has 1 atom stereocenters. The number of anilines is 1. The van der Waals surface area contributed by atoms with E-state index in [0.717, 1.165) is 15.4 Å². The molecule has 3 aromatic carbocycles. The highest BCUT2D eigenvalue weighted by atomic mass is 79.9. The Morgan fingerprint density at radius 2 is 1.88 bits per heavy atom. The van der Waals surface area contributed by atoms with Crippen LogP contribution in [0.1, 0.15) is 11.3 Å². The maximum Gasteiger partial charge on any atom is 0.247 e. The molecule has 0 bridgehead atoms. The van der Waals surface area contributed by atoms with Gasteiger partial charge in [-0.15, -0.1) is 0 Å².